The van der Waals surface area contributed by atoms with Crippen LogP contribution in [0.2, 0.25) is 5.02 Å². The molecule has 0 bridgehead atoms. The van der Waals surface area contributed by atoms with Gasteiger partial charge in [0.05, 0.1) is 9.90 Å². The molecule has 0 saturated heterocycles. The summed E-state index contributed by atoms with van der Waals surface area (Å²) in [5.74, 6) is 0.219. The lowest BCUT2D eigenvalue weighted by Crippen LogP contribution is -1.93. The summed E-state index contributed by atoms with van der Waals surface area (Å²) in [5.41, 5.74) is 1.05. The van der Waals surface area contributed by atoms with Gasteiger partial charge in [0.1, 0.15) is 0 Å². The molecule has 1 aromatic heterocycles. The van der Waals surface area contributed by atoms with Gasteiger partial charge in [0, 0.05) is 15.8 Å². The minimum absolute atomic E-state index is 0.219. The van der Waals surface area contributed by atoms with Crippen molar-refractivity contribution in [2.75, 3.05) is 0 Å². The summed E-state index contributed by atoms with van der Waals surface area (Å²) in [6.07, 6.45) is 1.50. The number of hydrogen-bond donors (Lipinski definition) is 0. The highest BCUT2D eigenvalue weighted by Gasteiger charge is 2.10. The first-order valence-corrected chi connectivity index (χ1v) is 7.69. The highest BCUT2D eigenvalue weighted by molar-refractivity contribution is 9.10. The molecule has 0 radical (unpaired) electrons. The molecule has 1 aromatic carbocycles. The first-order chi connectivity index (χ1) is 8.61. The van der Waals surface area contributed by atoms with E-state index in [4.69, 9.17) is 11.6 Å². The summed E-state index contributed by atoms with van der Waals surface area (Å²) < 4.78 is 0.881. The molecule has 0 aliphatic carbocycles. The normalized spacial score (nSPS) is 10.6. The van der Waals surface area contributed by atoms with E-state index < -0.39 is 0 Å². The van der Waals surface area contributed by atoms with Crippen molar-refractivity contribution < 1.29 is 4.79 Å². The molecule has 0 aliphatic rings. The zero-order valence-corrected chi connectivity index (χ0v) is 13.0. The Bertz CT molecular complexity index is 577. The fourth-order valence-electron chi connectivity index (χ4n) is 1.64. The van der Waals surface area contributed by atoms with Gasteiger partial charge in [-0.2, -0.15) is 0 Å². The predicted octanol–water partition coefficient (Wildman–Crippen LogP) is 5.81. The number of Topliss-reactive ketones (excluding diaryl/α,β-unsaturated/α-hetero) is 1. The molecule has 1 nitrogen and oxygen atoms in total. The van der Waals surface area contributed by atoms with Gasteiger partial charge < -0.3 is 0 Å². The average Bonchev–Trinajstić information content (AvgIpc) is 2.82. The number of hydrogen-bond acceptors (Lipinski definition) is 2. The van der Waals surface area contributed by atoms with Gasteiger partial charge in [-0.3, -0.25) is 4.79 Å². The lowest BCUT2D eigenvalue weighted by Gasteiger charge is -2.00. The SMILES string of the molecule is CCCC(=O)c1ccc(-c2ccc(Br)c(Cl)c2)s1. The predicted molar refractivity (Wildman–Crippen MR) is 81.7 cm³/mol. The molecule has 0 saturated carbocycles. The maximum Gasteiger partial charge on any atom is 0.172 e. The highest BCUT2D eigenvalue weighted by atomic mass is 79.9. The maximum absolute atomic E-state index is 11.8. The third kappa shape index (κ3) is 3.02. The second-order valence-corrected chi connectivity index (χ2v) is 6.31. The molecule has 0 N–H and O–H groups in total. The van der Waals surface area contributed by atoms with Crippen LogP contribution in [0, 0.1) is 0 Å². The van der Waals surface area contributed by atoms with E-state index in [9.17, 15) is 4.79 Å². The van der Waals surface area contributed by atoms with E-state index in [-0.39, 0.29) is 5.78 Å². The van der Waals surface area contributed by atoms with Crippen molar-refractivity contribution in [3.63, 3.8) is 0 Å². The highest BCUT2D eigenvalue weighted by Crippen LogP contribution is 2.33. The summed E-state index contributed by atoms with van der Waals surface area (Å²) in [6, 6.07) is 9.70. The molecule has 0 spiro atoms. The molecule has 2 aromatic rings. The molecule has 0 atom stereocenters. The van der Waals surface area contributed by atoms with Crippen molar-refractivity contribution in [2.45, 2.75) is 19.8 Å². The van der Waals surface area contributed by atoms with Crippen LogP contribution in [0.25, 0.3) is 10.4 Å². The molecular weight excluding hydrogens is 332 g/mol. The van der Waals surface area contributed by atoms with Crippen LogP contribution in [0.5, 0.6) is 0 Å². The molecular formula is C14H12BrClOS. The maximum atomic E-state index is 11.8. The van der Waals surface area contributed by atoms with Crippen LogP contribution >= 0.6 is 38.9 Å². The van der Waals surface area contributed by atoms with E-state index in [0.29, 0.717) is 11.4 Å². The van der Waals surface area contributed by atoms with E-state index in [0.717, 1.165) is 26.2 Å². The van der Waals surface area contributed by atoms with Crippen molar-refractivity contribution >= 4 is 44.7 Å². The molecule has 0 amide bonds. The number of halogens is 2. The Kier molecular flexibility index (Phi) is 4.60. The quantitative estimate of drug-likeness (QED) is 0.640. The zero-order valence-electron chi connectivity index (χ0n) is 9.87. The Balaban J connectivity index is 2.29. The molecule has 94 valence electrons. The van der Waals surface area contributed by atoms with Gasteiger partial charge in [-0.25, -0.2) is 0 Å². The minimum Gasteiger partial charge on any atom is -0.293 e. The molecule has 2 rings (SSSR count). The van der Waals surface area contributed by atoms with Gasteiger partial charge in [-0.05, 0) is 52.2 Å². The second kappa shape index (κ2) is 6.00. The van der Waals surface area contributed by atoms with E-state index in [1.54, 1.807) is 0 Å². The Labute approximate surface area is 124 Å². The van der Waals surface area contributed by atoms with Crippen LogP contribution in [0.1, 0.15) is 29.4 Å². The monoisotopic (exact) mass is 342 g/mol. The Morgan fingerprint density at radius 1 is 1.33 bits per heavy atom. The molecule has 0 fully saturated rings. The van der Waals surface area contributed by atoms with Crippen LogP contribution in [0.15, 0.2) is 34.8 Å². The van der Waals surface area contributed by atoms with Gasteiger partial charge in [-0.1, -0.05) is 24.6 Å². The Morgan fingerprint density at radius 2 is 2.11 bits per heavy atom. The molecule has 18 heavy (non-hydrogen) atoms. The first-order valence-electron chi connectivity index (χ1n) is 5.70. The second-order valence-electron chi connectivity index (χ2n) is 3.97. The Hall–Kier alpha value is -0.640. The number of carbonyl (C=O) groups excluding carboxylic acids is 1. The van der Waals surface area contributed by atoms with Crippen molar-refractivity contribution in [3.8, 4) is 10.4 Å². The summed E-state index contributed by atoms with van der Waals surface area (Å²) in [5, 5.41) is 0.683. The smallest absolute Gasteiger partial charge is 0.172 e. The standard InChI is InChI=1S/C14H12BrClOS/c1-2-3-12(17)14-7-6-13(18-14)9-4-5-10(15)11(16)8-9/h4-8H,2-3H2,1H3. The summed E-state index contributed by atoms with van der Waals surface area (Å²) in [6.45, 7) is 2.01. The molecule has 0 aliphatic heterocycles. The number of rotatable bonds is 4. The molecule has 4 heteroatoms. The largest absolute Gasteiger partial charge is 0.293 e. The van der Waals surface area contributed by atoms with Gasteiger partial charge in [-0.15, -0.1) is 11.3 Å². The van der Waals surface area contributed by atoms with Crippen LogP contribution in [-0.2, 0) is 0 Å². The average molecular weight is 344 g/mol. The van der Waals surface area contributed by atoms with Crippen molar-refractivity contribution in [1.82, 2.24) is 0 Å². The van der Waals surface area contributed by atoms with Gasteiger partial charge >= 0.3 is 0 Å². The van der Waals surface area contributed by atoms with Crippen molar-refractivity contribution in [3.05, 3.63) is 44.7 Å². The van der Waals surface area contributed by atoms with E-state index in [1.807, 2.05) is 37.3 Å². The summed E-state index contributed by atoms with van der Waals surface area (Å²) in [7, 11) is 0. The Morgan fingerprint density at radius 3 is 2.78 bits per heavy atom. The van der Waals surface area contributed by atoms with E-state index >= 15 is 0 Å². The van der Waals surface area contributed by atoms with Crippen LogP contribution < -0.4 is 0 Å². The van der Waals surface area contributed by atoms with Gasteiger partial charge in [0.2, 0.25) is 0 Å². The molecule has 1 heterocycles. The lowest BCUT2D eigenvalue weighted by atomic mass is 10.2. The van der Waals surface area contributed by atoms with E-state index in [2.05, 4.69) is 15.9 Å². The summed E-state index contributed by atoms with van der Waals surface area (Å²) in [4.78, 5) is 13.7. The zero-order chi connectivity index (χ0) is 13.1. The van der Waals surface area contributed by atoms with Gasteiger partial charge in [0.25, 0.3) is 0 Å². The first kappa shape index (κ1) is 13.8. The number of thiophene rings is 1. The lowest BCUT2D eigenvalue weighted by molar-refractivity contribution is 0.0985. The fraction of sp³-hybridized carbons (Fsp3) is 0.214. The van der Waals surface area contributed by atoms with Crippen molar-refractivity contribution in [1.29, 1.82) is 0 Å². The third-order valence-corrected chi connectivity index (χ3v) is 4.97. The van der Waals surface area contributed by atoms with Crippen molar-refractivity contribution in [2.24, 2.45) is 0 Å². The van der Waals surface area contributed by atoms with Gasteiger partial charge in [0.15, 0.2) is 5.78 Å². The van der Waals surface area contributed by atoms with Crippen LogP contribution in [-0.4, -0.2) is 5.78 Å². The number of ketones is 1. The minimum atomic E-state index is 0.219. The van der Waals surface area contributed by atoms with Crippen LogP contribution in [0.3, 0.4) is 0 Å². The summed E-state index contributed by atoms with van der Waals surface area (Å²) >= 11 is 11.0. The number of benzene rings is 1. The third-order valence-electron chi connectivity index (χ3n) is 2.56. The topological polar surface area (TPSA) is 17.1 Å². The fourth-order valence-corrected chi connectivity index (χ4v) is 3.04. The molecule has 0 unspecified atom stereocenters. The van der Waals surface area contributed by atoms with Crippen LogP contribution in [0.4, 0.5) is 0 Å². The number of carbonyl (C=O) groups is 1. The van der Waals surface area contributed by atoms with E-state index in [1.165, 1.54) is 11.3 Å².